The van der Waals surface area contributed by atoms with Crippen LogP contribution in [0.3, 0.4) is 0 Å². The monoisotopic (exact) mass is 398 g/mol. The lowest BCUT2D eigenvalue weighted by atomic mass is 9.82. The molecule has 1 aliphatic carbocycles. The van der Waals surface area contributed by atoms with Gasteiger partial charge in [-0.15, -0.1) is 0 Å². The highest BCUT2D eigenvalue weighted by atomic mass is 16.6. The Morgan fingerprint density at radius 2 is 1.70 bits per heavy atom. The normalized spacial score (nSPS) is 16.1. The molecule has 0 spiro atoms. The molecule has 30 heavy (non-hydrogen) atoms. The number of rotatable bonds is 3. The van der Waals surface area contributed by atoms with Crippen LogP contribution in [-0.2, 0) is 5.41 Å². The summed E-state index contributed by atoms with van der Waals surface area (Å²) in [5, 5.41) is 14.7. The van der Waals surface area contributed by atoms with Gasteiger partial charge in [-0.2, -0.15) is 0 Å². The Kier molecular flexibility index (Phi) is 4.10. The van der Waals surface area contributed by atoms with Gasteiger partial charge in [-0.05, 0) is 52.6 Å². The molecule has 3 aromatic carbocycles. The lowest BCUT2D eigenvalue weighted by molar-refractivity contribution is -0.384. The molecule has 6 nitrogen and oxygen atoms in total. The highest BCUT2D eigenvalue weighted by Gasteiger charge is 2.37. The quantitative estimate of drug-likeness (QED) is 0.487. The standard InChI is InChI=1S/C24H22N4O2/c1-24(2)21-14-17(27-13-12-25-23(27)26-16-6-4-3-5-7-16)8-10-19(21)20-11-9-18(28(29)30)15-22(20)24/h3-11,14-15H,12-13H2,1-2H3,(H,25,26). The molecule has 0 unspecified atom stereocenters. The number of fused-ring (bicyclic) bond motifs is 3. The van der Waals surface area contributed by atoms with E-state index in [9.17, 15) is 10.1 Å². The van der Waals surface area contributed by atoms with Gasteiger partial charge in [0.1, 0.15) is 0 Å². The minimum Gasteiger partial charge on any atom is -0.326 e. The highest BCUT2D eigenvalue weighted by Crippen LogP contribution is 2.50. The van der Waals surface area contributed by atoms with Gasteiger partial charge in [0.05, 0.1) is 11.5 Å². The maximum Gasteiger partial charge on any atom is 0.269 e. The van der Waals surface area contributed by atoms with Crippen molar-refractivity contribution in [3.63, 3.8) is 0 Å². The van der Waals surface area contributed by atoms with Crippen molar-refractivity contribution in [1.29, 1.82) is 0 Å². The fraction of sp³-hybridized carbons (Fsp3) is 0.208. The Balaban J connectivity index is 1.51. The van der Waals surface area contributed by atoms with Crippen LogP contribution in [0.5, 0.6) is 0 Å². The van der Waals surface area contributed by atoms with Crippen molar-refractivity contribution in [2.24, 2.45) is 4.99 Å². The molecule has 1 aliphatic heterocycles. The zero-order chi connectivity index (χ0) is 20.9. The Hall–Kier alpha value is -3.67. The SMILES string of the molecule is CC1(C)c2cc(N3CCN=C3Nc3ccccc3)ccc2-c2ccc([N+](=O)[O-])cc21. The van der Waals surface area contributed by atoms with Crippen LogP contribution in [0, 0.1) is 10.1 Å². The van der Waals surface area contributed by atoms with Crippen LogP contribution < -0.4 is 10.2 Å². The first-order valence-electron chi connectivity index (χ1n) is 10.0. The van der Waals surface area contributed by atoms with Crippen molar-refractivity contribution in [2.45, 2.75) is 19.3 Å². The Morgan fingerprint density at radius 3 is 2.43 bits per heavy atom. The van der Waals surface area contributed by atoms with Crippen molar-refractivity contribution < 1.29 is 4.92 Å². The van der Waals surface area contributed by atoms with Crippen LogP contribution >= 0.6 is 0 Å². The third kappa shape index (κ3) is 2.84. The van der Waals surface area contributed by atoms with Crippen LogP contribution in [0.2, 0.25) is 0 Å². The predicted octanol–water partition coefficient (Wildman–Crippen LogP) is 5.19. The molecule has 1 heterocycles. The number of nitrogens with zero attached hydrogens (tertiary/aromatic N) is 3. The van der Waals surface area contributed by atoms with E-state index < -0.39 is 0 Å². The number of nitro groups is 1. The minimum absolute atomic E-state index is 0.135. The third-order valence-electron chi connectivity index (χ3n) is 6.04. The minimum atomic E-state index is -0.326. The van der Waals surface area contributed by atoms with E-state index in [4.69, 9.17) is 0 Å². The summed E-state index contributed by atoms with van der Waals surface area (Å²) in [7, 11) is 0. The average molecular weight is 398 g/mol. The fourth-order valence-electron chi connectivity index (χ4n) is 4.45. The molecule has 0 atom stereocenters. The molecule has 0 radical (unpaired) electrons. The van der Waals surface area contributed by atoms with Gasteiger partial charge in [0.15, 0.2) is 0 Å². The molecule has 0 bridgehead atoms. The Labute approximate surface area is 175 Å². The van der Waals surface area contributed by atoms with Gasteiger partial charge >= 0.3 is 0 Å². The summed E-state index contributed by atoms with van der Waals surface area (Å²) in [5.74, 6) is 0.838. The summed E-state index contributed by atoms with van der Waals surface area (Å²) < 4.78 is 0. The number of benzene rings is 3. The molecule has 2 aliphatic rings. The fourth-order valence-corrected chi connectivity index (χ4v) is 4.45. The summed E-state index contributed by atoms with van der Waals surface area (Å²) in [4.78, 5) is 17.8. The zero-order valence-corrected chi connectivity index (χ0v) is 16.9. The first-order chi connectivity index (χ1) is 14.4. The average Bonchev–Trinajstić information content (AvgIpc) is 3.29. The molecular weight excluding hydrogens is 376 g/mol. The maximum absolute atomic E-state index is 11.3. The molecule has 6 heteroatoms. The number of hydrogen-bond acceptors (Lipinski definition) is 5. The van der Waals surface area contributed by atoms with Crippen molar-refractivity contribution in [2.75, 3.05) is 23.3 Å². The van der Waals surface area contributed by atoms with Gasteiger partial charge in [-0.3, -0.25) is 15.1 Å². The predicted molar refractivity (Wildman–Crippen MR) is 120 cm³/mol. The molecule has 0 saturated carbocycles. The molecule has 3 aromatic rings. The number of nitrogens with one attached hydrogen (secondary N) is 1. The largest absolute Gasteiger partial charge is 0.326 e. The van der Waals surface area contributed by atoms with Crippen molar-refractivity contribution >= 4 is 23.0 Å². The smallest absolute Gasteiger partial charge is 0.269 e. The van der Waals surface area contributed by atoms with Crippen molar-refractivity contribution in [1.82, 2.24) is 0 Å². The molecule has 5 rings (SSSR count). The molecule has 0 fully saturated rings. The zero-order valence-electron chi connectivity index (χ0n) is 16.9. The number of non-ortho nitro benzene ring substituents is 1. The summed E-state index contributed by atoms with van der Waals surface area (Å²) in [5.41, 5.74) is 6.30. The molecule has 0 aromatic heterocycles. The second kappa shape index (κ2) is 6.69. The lowest BCUT2D eigenvalue weighted by Crippen LogP contribution is -2.33. The van der Waals surface area contributed by atoms with E-state index in [0.29, 0.717) is 0 Å². The van der Waals surface area contributed by atoms with Gasteiger partial charge in [0.2, 0.25) is 5.96 Å². The Bertz CT molecular complexity index is 1190. The van der Waals surface area contributed by atoms with E-state index >= 15 is 0 Å². The van der Waals surface area contributed by atoms with Crippen molar-refractivity contribution in [3.05, 3.63) is 88.0 Å². The number of anilines is 2. The molecule has 0 amide bonds. The molecule has 150 valence electrons. The van der Waals surface area contributed by atoms with Crippen LogP contribution in [-0.4, -0.2) is 24.0 Å². The summed E-state index contributed by atoms with van der Waals surface area (Å²) in [6, 6.07) is 21.7. The molecule has 1 N–H and O–H groups in total. The number of hydrogen-bond donors (Lipinski definition) is 1. The topological polar surface area (TPSA) is 70.8 Å². The maximum atomic E-state index is 11.3. The number of para-hydroxylation sites is 1. The summed E-state index contributed by atoms with van der Waals surface area (Å²) in [6.45, 7) is 5.81. The van der Waals surface area contributed by atoms with Gasteiger partial charge in [0, 0.05) is 35.5 Å². The molecule has 0 saturated heterocycles. The first kappa shape index (κ1) is 18.4. The van der Waals surface area contributed by atoms with Gasteiger partial charge < -0.3 is 10.2 Å². The molecular formula is C24H22N4O2. The van der Waals surface area contributed by atoms with E-state index in [1.54, 1.807) is 12.1 Å². The Morgan fingerprint density at radius 1 is 1.00 bits per heavy atom. The number of nitro benzene ring substituents is 1. The summed E-state index contributed by atoms with van der Waals surface area (Å²) in [6.07, 6.45) is 0. The van der Waals surface area contributed by atoms with Crippen LogP contribution in [0.15, 0.2) is 71.7 Å². The number of aliphatic imine (C=N–C) groups is 1. The van der Waals surface area contributed by atoms with Crippen molar-refractivity contribution in [3.8, 4) is 11.1 Å². The van der Waals surface area contributed by atoms with Crippen LogP contribution in [0.4, 0.5) is 17.1 Å². The number of guanidine groups is 1. The van der Waals surface area contributed by atoms with Gasteiger partial charge in [-0.25, -0.2) is 0 Å². The highest BCUT2D eigenvalue weighted by molar-refractivity contribution is 6.07. The van der Waals surface area contributed by atoms with E-state index in [1.807, 2.05) is 36.4 Å². The second-order valence-corrected chi connectivity index (χ2v) is 8.19. The van der Waals surface area contributed by atoms with Crippen LogP contribution in [0.25, 0.3) is 11.1 Å². The third-order valence-corrected chi connectivity index (χ3v) is 6.04. The van der Waals surface area contributed by atoms with Gasteiger partial charge in [-0.1, -0.05) is 38.1 Å². The first-order valence-corrected chi connectivity index (χ1v) is 10.0. The lowest BCUT2D eigenvalue weighted by Gasteiger charge is -2.25. The van der Waals surface area contributed by atoms with Gasteiger partial charge in [0.25, 0.3) is 5.69 Å². The second-order valence-electron chi connectivity index (χ2n) is 8.19. The van der Waals surface area contributed by atoms with Crippen LogP contribution in [0.1, 0.15) is 25.0 Å². The van der Waals surface area contributed by atoms with E-state index in [0.717, 1.165) is 47.1 Å². The summed E-state index contributed by atoms with van der Waals surface area (Å²) >= 11 is 0. The van der Waals surface area contributed by atoms with E-state index in [-0.39, 0.29) is 16.0 Å². The van der Waals surface area contributed by atoms with E-state index in [1.165, 1.54) is 5.56 Å². The van der Waals surface area contributed by atoms with E-state index in [2.05, 4.69) is 47.3 Å².